The van der Waals surface area contributed by atoms with Crippen LogP contribution in [0.4, 0.5) is 8.78 Å². The third kappa shape index (κ3) is 21.5. The smallest absolute Gasteiger partial charge is 0.143 e. The van der Waals surface area contributed by atoms with Crippen LogP contribution in [0.3, 0.4) is 0 Å². The van der Waals surface area contributed by atoms with Crippen molar-refractivity contribution in [3.63, 3.8) is 0 Å². The van der Waals surface area contributed by atoms with E-state index in [4.69, 9.17) is 11.5 Å². The lowest BCUT2D eigenvalue weighted by Gasteiger charge is -2.20. The molecule has 232 valence electrons. The Labute approximate surface area is 250 Å². The van der Waals surface area contributed by atoms with Crippen LogP contribution in [0.2, 0.25) is 0 Å². The zero-order chi connectivity index (χ0) is 32.6. The van der Waals surface area contributed by atoms with Gasteiger partial charge in [-0.1, -0.05) is 69.7 Å². The van der Waals surface area contributed by atoms with E-state index in [-0.39, 0.29) is 28.8 Å². The Hall–Kier alpha value is -2.92. The maximum absolute atomic E-state index is 14.1. The lowest BCUT2D eigenvalue weighted by atomic mass is 9.96. The van der Waals surface area contributed by atoms with E-state index in [1.807, 2.05) is 45.9 Å². The molecular formula is C31H51F2N5O2S. The van der Waals surface area contributed by atoms with Crippen LogP contribution >= 0.6 is 11.8 Å². The molecule has 0 radical (unpaired) electrons. The standard InChI is InChI=1S/C14H19F2NOS.C7H8.C3H5N3.C3H7NO.2C2H6/c1-5-12(19-8(2)17)13-10(15)6-9(7-11(13)16)14(3,4)18;1-7-5-3-2-4-6-7;1-6-4-2-3-5-6;1-3(5)2-4;2*1-2/h5-8,18H,17H2,1-4H3;2-6H,1H3;2-3H,1H3;2,4H2,1H3;2*1-2H3/b12-5-;;;;;. The van der Waals surface area contributed by atoms with Crippen LogP contribution < -0.4 is 11.5 Å². The molecule has 2 aromatic carbocycles. The van der Waals surface area contributed by atoms with Crippen molar-refractivity contribution in [2.45, 2.75) is 80.2 Å². The first-order chi connectivity index (χ1) is 19.2. The summed E-state index contributed by atoms with van der Waals surface area (Å²) in [6.07, 6.45) is 4.90. The monoisotopic (exact) mass is 595 g/mol. The van der Waals surface area contributed by atoms with E-state index in [9.17, 15) is 18.7 Å². The van der Waals surface area contributed by atoms with Crippen molar-refractivity contribution in [1.82, 2.24) is 15.0 Å². The van der Waals surface area contributed by atoms with Crippen molar-refractivity contribution >= 4 is 22.5 Å². The molecular weight excluding hydrogens is 544 g/mol. The van der Waals surface area contributed by atoms with E-state index in [1.54, 1.807) is 39.4 Å². The predicted molar refractivity (Wildman–Crippen MR) is 171 cm³/mol. The molecule has 5 N–H and O–H groups in total. The molecule has 0 aliphatic rings. The number of allylic oxidation sites excluding steroid dienone is 1. The number of hydrogen-bond acceptors (Lipinski definition) is 7. The average molecular weight is 596 g/mol. The molecule has 0 aliphatic carbocycles. The molecule has 41 heavy (non-hydrogen) atoms. The van der Waals surface area contributed by atoms with Crippen LogP contribution in [0, 0.1) is 18.6 Å². The van der Waals surface area contributed by atoms with E-state index >= 15 is 0 Å². The number of benzene rings is 2. The number of rotatable bonds is 5. The first kappa shape index (κ1) is 42.5. The Morgan fingerprint density at radius 1 is 1.07 bits per heavy atom. The summed E-state index contributed by atoms with van der Waals surface area (Å²) in [5.74, 6) is -1.36. The van der Waals surface area contributed by atoms with E-state index in [1.165, 1.54) is 42.9 Å². The van der Waals surface area contributed by atoms with Gasteiger partial charge in [-0.05, 0) is 59.2 Å². The summed E-state index contributed by atoms with van der Waals surface area (Å²) in [5.41, 5.74) is 10.6. The van der Waals surface area contributed by atoms with Crippen LogP contribution in [0.1, 0.15) is 79.0 Å². The molecule has 0 saturated carbocycles. The van der Waals surface area contributed by atoms with Crippen LogP contribution in [0.15, 0.2) is 60.9 Å². The summed E-state index contributed by atoms with van der Waals surface area (Å²) in [6.45, 7) is 18.1. The highest BCUT2D eigenvalue weighted by atomic mass is 32.2. The quantitative estimate of drug-likeness (QED) is 0.272. The SMILES string of the molecule is C/C=C(\SC(C)N)c1c(F)cc(C(C)(C)O)cc1F.CC.CC.CC(=O)CN.Cc1ccccc1.Cn1nccn1. The first-order valence-corrected chi connectivity index (χ1v) is 14.4. The van der Waals surface area contributed by atoms with Gasteiger partial charge >= 0.3 is 0 Å². The number of nitrogens with zero attached hydrogens (tertiary/aromatic N) is 3. The van der Waals surface area contributed by atoms with Crippen LogP contribution in [-0.4, -0.2) is 37.8 Å². The van der Waals surface area contributed by atoms with Crippen LogP contribution in [0.25, 0.3) is 4.91 Å². The fourth-order valence-electron chi connectivity index (χ4n) is 2.45. The van der Waals surface area contributed by atoms with Gasteiger partial charge < -0.3 is 16.6 Å². The number of halogens is 2. The second-order valence-corrected chi connectivity index (χ2v) is 9.85. The number of carbonyl (C=O) groups is 1. The molecule has 0 fully saturated rings. The molecule has 1 atom stereocenters. The Kier molecular flexibility index (Phi) is 25.8. The maximum atomic E-state index is 14.1. The number of hydrogen-bond donors (Lipinski definition) is 3. The number of ketones is 1. The third-order valence-electron chi connectivity index (χ3n) is 4.33. The molecule has 1 aromatic heterocycles. The van der Waals surface area contributed by atoms with Crippen molar-refractivity contribution in [2.75, 3.05) is 6.54 Å². The van der Waals surface area contributed by atoms with E-state index in [0.717, 1.165) is 12.1 Å². The minimum absolute atomic E-state index is 0.0324. The maximum Gasteiger partial charge on any atom is 0.143 e. The van der Waals surface area contributed by atoms with Gasteiger partial charge in [0.05, 0.1) is 35.5 Å². The highest BCUT2D eigenvalue weighted by Gasteiger charge is 2.22. The van der Waals surface area contributed by atoms with Gasteiger partial charge in [-0.15, -0.1) is 11.8 Å². The van der Waals surface area contributed by atoms with Gasteiger partial charge in [0.1, 0.15) is 17.4 Å². The normalized spacial score (nSPS) is 10.8. The summed E-state index contributed by atoms with van der Waals surface area (Å²) < 4.78 is 28.2. The van der Waals surface area contributed by atoms with Crippen molar-refractivity contribution < 1.29 is 18.7 Å². The predicted octanol–water partition coefficient (Wildman–Crippen LogP) is 6.99. The largest absolute Gasteiger partial charge is 0.386 e. The van der Waals surface area contributed by atoms with E-state index in [0.29, 0.717) is 4.91 Å². The number of nitrogens with two attached hydrogens (primary N) is 2. The summed E-state index contributed by atoms with van der Waals surface area (Å²) in [5, 5.41) is 17.0. The fourth-order valence-corrected chi connectivity index (χ4v) is 3.30. The Morgan fingerprint density at radius 3 is 1.71 bits per heavy atom. The minimum Gasteiger partial charge on any atom is -0.386 e. The third-order valence-corrected chi connectivity index (χ3v) is 5.40. The number of aryl methyl sites for hydroxylation is 2. The van der Waals surface area contributed by atoms with Crippen molar-refractivity contribution in [2.24, 2.45) is 18.5 Å². The molecule has 0 aliphatic heterocycles. The molecule has 0 spiro atoms. The summed E-state index contributed by atoms with van der Waals surface area (Å²) in [6, 6.07) is 12.6. The lowest BCUT2D eigenvalue weighted by Crippen LogP contribution is -2.17. The van der Waals surface area contributed by atoms with Gasteiger partial charge in [-0.2, -0.15) is 15.0 Å². The molecule has 3 aromatic rings. The molecule has 10 heteroatoms. The number of carbonyl (C=O) groups excluding carboxylic acids is 1. The summed E-state index contributed by atoms with van der Waals surface area (Å²) >= 11 is 1.19. The molecule has 0 amide bonds. The molecule has 0 bridgehead atoms. The Morgan fingerprint density at radius 2 is 1.49 bits per heavy atom. The average Bonchev–Trinajstić information content (AvgIpc) is 3.41. The topological polar surface area (TPSA) is 120 Å². The molecule has 1 heterocycles. The van der Waals surface area contributed by atoms with Gasteiger partial charge in [-0.3, -0.25) is 4.79 Å². The highest BCUT2D eigenvalue weighted by molar-refractivity contribution is 8.08. The number of aromatic nitrogens is 3. The van der Waals surface area contributed by atoms with Crippen molar-refractivity contribution in [1.29, 1.82) is 0 Å². The van der Waals surface area contributed by atoms with Gasteiger partial charge in [-0.25, -0.2) is 8.78 Å². The number of Topliss-reactive ketones (excluding diaryl/α,β-unsaturated/α-hetero) is 1. The van der Waals surface area contributed by atoms with Gasteiger partial charge in [0.2, 0.25) is 0 Å². The van der Waals surface area contributed by atoms with E-state index in [2.05, 4.69) is 29.3 Å². The molecule has 7 nitrogen and oxygen atoms in total. The number of aliphatic hydroxyl groups is 1. The lowest BCUT2D eigenvalue weighted by molar-refractivity contribution is -0.115. The molecule has 0 saturated heterocycles. The number of thioether (sulfide) groups is 1. The van der Waals surface area contributed by atoms with E-state index < -0.39 is 17.2 Å². The van der Waals surface area contributed by atoms with Crippen molar-refractivity contribution in [3.05, 3.63) is 89.3 Å². The zero-order valence-electron chi connectivity index (χ0n) is 26.6. The highest BCUT2D eigenvalue weighted by Crippen LogP contribution is 2.35. The Balaban J connectivity index is -0.000000533. The second-order valence-electron chi connectivity index (χ2n) is 8.43. The van der Waals surface area contributed by atoms with Gasteiger partial charge in [0, 0.05) is 12.0 Å². The van der Waals surface area contributed by atoms with Crippen molar-refractivity contribution in [3.8, 4) is 0 Å². The minimum atomic E-state index is -1.29. The first-order valence-electron chi connectivity index (χ1n) is 13.5. The van der Waals surface area contributed by atoms with Crippen LogP contribution in [0.5, 0.6) is 0 Å². The molecule has 1 unspecified atom stereocenters. The Bertz CT molecular complexity index is 1060. The van der Waals surface area contributed by atoms with Gasteiger partial charge in [0.15, 0.2) is 0 Å². The molecule has 3 rings (SSSR count). The fraction of sp³-hybridized carbons (Fsp3) is 0.452. The summed E-state index contributed by atoms with van der Waals surface area (Å²) in [4.78, 5) is 11.6. The second kappa shape index (κ2) is 24.8. The van der Waals surface area contributed by atoms with Crippen LogP contribution in [-0.2, 0) is 17.4 Å². The van der Waals surface area contributed by atoms with Gasteiger partial charge in [0.25, 0.3) is 0 Å². The summed E-state index contributed by atoms with van der Waals surface area (Å²) in [7, 11) is 1.78. The zero-order valence-corrected chi connectivity index (χ0v) is 27.4.